The highest BCUT2D eigenvalue weighted by molar-refractivity contribution is 5.41. The third-order valence-electron chi connectivity index (χ3n) is 2.27. The minimum absolute atomic E-state index is 0.490. The molecule has 2 N–H and O–H groups in total. The van der Waals surface area contributed by atoms with Crippen LogP contribution < -0.4 is 10.6 Å². The van der Waals surface area contributed by atoms with Crippen LogP contribution in [0.5, 0.6) is 0 Å². The fourth-order valence-corrected chi connectivity index (χ4v) is 1.42. The summed E-state index contributed by atoms with van der Waals surface area (Å²) in [6.07, 6.45) is 1.26. The second kappa shape index (κ2) is 3.30. The van der Waals surface area contributed by atoms with Gasteiger partial charge in [0.25, 0.3) is 0 Å². The second-order valence-corrected chi connectivity index (χ2v) is 3.31. The van der Waals surface area contributed by atoms with Crippen LogP contribution in [0.2, 0.25) is 0 Å². The third-order valence-corrected chi connectivity index (χ3v) is 2.27. The number of hydrogen-bond acceptors (Lipinski definition) is 4. The van der Waals surface area contributed by atoms with E-state index in [4.69, 9.17) is 5.73 Å². The average Bonchev–Trinajstić information content (AvgIpc) is 2.00. The summed E-state index contributed by atoms with van der Waals surface area (Å²) in [4.78, 5) is 10.8. The van der Waals surface area contributed by atoms with E-state index < -0.39 is 0 Å². The standard InChI is InChI=1S/C9H14N4/c1-7-11-8(6-10)5-9(12-7)13-3-2-4-13/h5H,2-4,6,10H2,1H3. The normalized spacial score (nSPS) is 15.7. The van der Waals surface area contributed by atoms with Crippen molar-refractivity contribution in [1.29, 1.82) is 0 Å². The Kier molecular flexibility index (Phi) is 2.14. The summed E-state index contributed by atoms with van der Waals surface area (Å²) in [5, 5.41) is 0. The van der Waals surface area contributed by atoms with Gasteiger partial charge in [0.2, 0.25) is 0 Å². The van der Waals surface area contributed by atoms with Crippen LogP contribution in [0.15, 0.2) is 6.07 Å². The van der Waals surface area contributed by atoms with Gasteiger partial charge in [-0.2, -0.15) is 0 Å². The Morgan fingerprint density at radius 1 is 1.46 bits per heavy atom. The van der Waals surface area contributed by atoms with E-state index in [0.29, 0.717) is 6.54 Å². The van der Waals surface area contributed by atoms with Gasteiger partial charge in [-0.25, -0.2) is 9.97 Å². The lowest BCUT2D eigenvalue weighted by molar-refractivity contribution is 0.606. The highest BCUT2D eigenvalue weighted by atomic mass is 15.2. The first-order valence-electron chi connectivity index (χ1n) is 4.59. The molecule has 1 fully saturated rings. The largest absolute Gasteiger partial charge is 0.356 e. The molecule has 0 aromatic carbocycles. The number of aryl methyl sites for hydroxylation is 1. The maximum Gasteiger partial charge on any atom is 0.132 e. The summed E-state index contributed by atoms with van der Waals surface area (Å²) >= 11 is 0. The van der Waals surface area contributed by atoms with Gasteiger partial charge < -0.3 is 10.6 Å². The van der Waals surface area contributed by atoms with Gasteiger partial charge >= 0.3 is 0 Å². The van der Waals surface area contributed by atoms with Crippen LogP contribution in [0.25, 0.3) is 0 Å². The monoisotopic (exact) mass is 178 g/mol. The van der Waals surface area contributed by atoms with Gasteiger partial charge in [-0.3, -0.25) is 0 Å². The van der Waals surface area contributed by atoms with Crippen LogP contribution in [0.4, 0.5) is 5.82 Å². The minimum Gasteiger partial charge on any atom is -0.356 e. The van der Waals surface area contributed by atoms with Gasteiger partial charge in [0.15, 0.2) is 0 Å². The van der Waals surface area contributed by atoms with Crippen LogP contribution in [0.1, 0.15) is 17.9 Å². The van der Waals surface area contributed by atoms with Crippen molar-refractivity contribution in [1.82, 2.24) is 9.97 Å². The van der Waals surface area contributed by atoms with Gasteiger partial charge in [0.05, 0.1) is 5.69 Å². The van der Waals surface area contributed by atoms with Crippen molar-refractivity contribution in [3.8, 4) is 0 Å². The molecule has 13 heavy (non-hydrogen) atoms. The predicted octanol–water partition coefficient (Wildman–Crippen LogP) is 0.454. The van der Waals surface area contributed by atoms with Crippen LogP contribution in [0.3, 0.4) is 0 Å². The Hall–Kier alpha value is -1.16. The van der Waals surface area contributed by atoms with E-state index in [1.54, 1.807) is 0 Å². The topological polar surface area (TPSA) is 55.0 Å². The molecule has 0 bridgehead atoms. The first kappa shape index (κ1) is 8.44. The van der Waals surface area contributed by atoms with E-state index in [-0.39, 0.29) is 0 Å². The fraction of sp³-hybridized carbons (Fsp3) is 0.556. The zero-order chi connectivity index (χ0) is 9.26. The Balaban J connectivity index is 2.28. The van der Waals surface area contributed by atoms with E-state index >= 15 is 0 Å². The lowest BCUT2D eigenvalue weighted by atomic mass is 10.2. The molecule has 2 heterocycles. The van der Waals surface area contributed by atoms with Crippen LogP contribution in [-0.4, -0.2) is 23.1 Å². The first-order chi connectivity index (χ1) is 6.29. The lowest BCUT2D eigenvalue weighted by Gasteiger charge is -2.32. The maximum atomic E-state index is 5.54. The first-order valence-corrected chi connectivity index (χ1v) is 4.59. The summed E-state index contributed by atoms with van der Waals surface area (Å²) in [7, 11) is 0. The Morgan fingerprint density at radius 3 is 2.77 bits per heavy atom. The number of hydrogen-bond donors (Lipinski definition) is 1. The predicted molar refractivity (Wildman–Crippen MR) is 51.5 cm³/mol. The van der Waals surface area contributed by atoms with Crippen molar-refractivity contribution in [2.75, 3.05) is 18.0 Å². The molecule has 1 aromatic heterocycles. The molecule has 0 aliphatic carbocycles. The van der Waals surface area contributed by atoms with Crippen molar-refractivity contribution in [2.24, 2.45) is 5.73 Å². The quantitative estimate of drug-likeness (QED) is 0.714. The summed E-state index contributed by atoms with van der Waals surface area (Å²) < 4.78 is 0. The lowest BCUT2D eigenvalue weighted by Crippen LogP contribution is -2.37. The van der Waals surface area contributed by atoms with E-state index in [1.807, 2.05) is 13.0 Å². The molecular formula is C9H14N4. The van der Waals surface area contributed by atoms with Gasteiger partial charge in [0, 0.05) is 25.7 Å². The maximum absolute atomic E-state index is 5.54. The Morgan fingerprint density at radius 2 is 2.23 bits per heavy atom. The Bertz CT molecular complexity index is 306. The van der Waals surface area contributed by atoms with Crippen LogP contribution in [-0.2, 0) is 6.54 Å². The summed E-state index contributed by atoms with van der Waals surface area (Å²) in [5.41, 5.74) is 6.46. The minimum atomic E-state index is 0.490. The number of rotatable bonds is 2. The van der Waals surface area contributed by atoms with Gasteiger partial charge in [-0.1, -0.05) is 0 Å². The number of anilines is 1. The molecule has 4 heteroatoms. The molecule has 0 unspecified atom stereocenters. The fourth-order valence-electron chi connectivity index (χ4n) is 1.42. The van der Waals surface area contributed by atoms with Gasteiger partial charge in [-0.05, 0) is 13.3 Å². The van der Waals surface area contributed by atoms with Crippen molar-refractivity contribution < 1.29 is 0 Å². The molecule has 0 amide bonds. The SMILES string of the molecule is Cc1nc(CN)cc(N2CCC2)n1. The molecule has 2 rings (SSSR count). The number of nitrogens with zero attached hydrogens (tertiary/aromatic N) is 3. The average molecular weight is 178 g/mol. The zero-order valence-electron chi connectivity index (χ0n) is 7.82. The van der Waals surface area contributed by atoms with Gasteiger partial charge in [-0.15, -0.1) is 0 Å². The molecule has 0 atom stereocenters. The molecule has 0 radical (unpaired) electrons. The molecule has 4 nitrogen and oxygen atoms in total. The zero-order valence-corrected chi connectivity index (χ0v) is 7.82. The van der Waals surface area contributed by atoms with Crippen LogP contribution >= 0.6 is 0 Å². The van der Waals surface area contributed by atoms with Crippen molar-refractivity contribution in [3.05, 3.63) is 17.6 Å². The molecule has 1 saturated heterocycles. The second-order valence-electron chi connectivity index (χ2n) is 3.31. The van der Waals surface area contributed by atoms with Crippen molar-refractivity contribution in [2.45, 2.75) is 19.9 Å². The van der Waals surface area contributed by atoms with E-state index in [2.05, 4.69) is 14.9 Å². The molecule has 1 aliphatic rings. The summed E-state index contributed by atoms with van der Waals surface area (Å²) in [6, 6.07) is 1.98. The Labute approximate surface area is 77.8 Å². The van der Waals surface area contributed by atoms with E-state index in [0.717, 1.165) is 30.4 Å². The molecule has 1 aromatic rings. The number of aromatic nitrogens is 2. The van der Waals surface area contributed by atoms with Crippen molar-refractivity contribution >= 4 is 5.82 Å². The van der Waals surface area contributed by atoms with E-state index in [1.165, 1.54) is 6.42 Å². The molecule has 0 spiro atoms. The van der Waals surface area contributed by atoms with Gasteiger partial charge in [0.1, 0.15) is 11.6 Å². The molecule has 0 saturated carbocycles. The van der Waals surface area contributed by atoms with Crippen LogP contribution in [0, 0.1) is 6.92 Å². The summed E-state index contributed by atoms with van der Waals surface area (Å²) in [6.45, 7) is 4.62. The summed E-state index contributed by atoms with van der Waals surface area (Å²) in [5.74, 6) is 1.84. The highest BCUT2D eigenvalue weighted by Gasteiger charge is 2.16. The third kappa shape index (κ3) is 1.62. The molecular weight excluding hydrogens is 164 g/mol. The highest BCUT2D eigenvalue weighted by Crippen LogP contribution is 2.18. The number of nitrogens with two attached hydrogens (primary N) is 1. The molecule has 1 aliphatic heterocycles. The van der Waals surface area contributed by atoms with E-state index in [9.17, 15) is 0 Å². The smallest absolute Gasteiger partial charge is 0.132 e. The molecule has 70 valence electrons. The van der Waals surface area contributed by atoms with Crippen molar-refractivity contribution in [3.63, 3.8) is 0 Å².